The van der Waals surface area contributed by atoms with E-state index in [1.165, 1.54) is 12.1 Å². The first kappa shape index (κ1) is 16.2. The molecule has 1 aromatic carbocycles. The number of carbonyl (C=O) groups is 1. The average molecular weight is 323 g/mol. The van der Waals surface area contributed by atoms with Crippen molar-refractivity contribution in [2.45, 2.75) is 25.7 Å². The summed E-state index contributed by atoms with van der Waals surface area (Å²) in [6.45, 7) is 5.02. The zero-order valence-electron chi connectivity index (χ0n) is 12.5. The second-order valence-corrected chi connectivity index (χ2v) is 6.71. The zero-order valence-corrected chi connectivity index (χ0v) is 13.3. The normalized spacial score (nSPS) is 11.4. The monoisotopic (exact) mass is 323 g/mol. The second-order valence-electron chi connectivity index (χ2n) is 4.94. The van der Waals surface area contributed by atoms with Crippen LogP contribution in [0.5, 0.6) is 0 Å². The van der Waals surface area contributed by atoms with E-state index in [1.807, 2.05) is 13.8 Å². The zero-order chi connectivity index (χ0) is 16.3. The number of aromatic nitrogens is 1. The number of hydrogen-bond acceptors (Lipinski definition) is 5. The number of anilines is 1. The number of carbonyl (C=O) groups excluding carboxylic acids is 1. The standard InChI is InChI=1S/C14H17N3O4S/c1-9-4-5-12(6-10(9)2)22(19,20)15-8-14(18)16-13-7-11(3)21-17-13/h4-7,15H,8H2,1-3H3,(H,16,17,18). The Hall–Kier alpha value is -2.19. The number of amides is 1. The van der Waals surface area contributed by atoms with Crippen LogP contribution >= 0.6 is 0 Å². The van der Waals surface area contributed by atoms with Crippen LogP contribution in [0, 0.1) is 20.8 Å². The van der Waals surface area contributed by atoms with Gasteiger partial charge in [-0.3, -0.25) is 4.79 Å². The van der Waals surface area contributed by atoms with E-state index in [4.69, 9.17) is 4.52 Å². The molecule has 0 aliphatic rings. The fourth-order valence-corrected chi connectivity index (χ4v) is 2.80. The fraction of sp³-hybridized carbons (Fsp3) is 0.286. The van der Waals surface area contributed by atoms with Gasteiger partial charge in [-0.25, -0.2) is 13.1 Å². The molecule has 7 nitrogen and oxygen atoms in total. The SMILES string of the molecule is Cc1cc(NC(=O)CNS(=O)(=O)c2ccc(C)c(C)c2)no1. The molecule has 1 heterocycles. The summed E-state index contributed by atoms with van der Waals surface area (Å²) < 4.78 is 31.3. The van der Waals surface area contributed by atoms with Gasteiger partial charge >= 0.3 is 0 Å². The van der Waals surface area contributed by atoms with Gasteiger partial charge in [0.05, 0.1) is 11.4 Å². The van der Waals surface area contributed by atoms with E-state index >= 15 is 0 Å². The number of nitrogens with one attached hydrogen (secondary N) is 2. The Morgan fingerprint density at radius 3 is 2.50 bits per heavy atom. The summed E-state index contributed by atoms with van der Waals surface area (Å²) in [4.78, 5) is 11.8. The second kappa shape index (κ2) is 6.29. The van der Waals surface area contributed by atoms with Crippen LogP contribution < -0.4 is 10.0 Å². The first-order valence-electron chi connectivity index (χ1n) is 6.58. The van der Waals surface area contributed by atoms with Crippen LogP contribution in [0.4, 0.5) is 5.82 Å². The number of sulfonamides is 1. The van der Waals surface area contributed by atoms with Gasteiger partial charge in [0.1, 0.15) is 5.76 Å². The van der Waals surface area contributed by atoms with Crippen molar-refractivity contribution in [2.75, 3.05) is 11.9 Å². The molecule has 2 rings (SSSR count). The Morgan fingerprint density at radius 1 is 1.18 bits per heavy atom. The Balaban J connectivity index is 2.00. The van der Waals surface area contributed by atoms with Crippen LogP contribution in [-0.2, 0) is 14.8 Å². The van der Waals surface area contributed by atoms with Crippen LogP contribution in [0.25, 0.3) is 0 Å². The van der Waals surface area contributed by atoms with Crippen molar-refractivity contribution in [1.82, 2.24) is 9.88 Å². The minimum atomic E-state index is -3.74. The van der Waals surface area contributed by atoms with E-state index in [2.05, 4.69) is 15.2 Å². The van der Waals surface area contributed by atoms with Crippen molar-refractivity contribution < 1.29 is 17.7 Å². The summed E-state index contributed by atoms with van der Waals surface area (Å²) in [5, 5.41) is 6.03. The molecular weight excluding hydrogens is 306 g/mol. The molecule has 0 bridgehead atoms. The van der Waals surface area contributed by atoms with Crippen LogP contribution in [0.1, 0.15) is 16.9 Å². The lowest BCUT2D eigenvalue weighted by Crippen LogP contribution is -2.33. The largest absolute Gasteiger partial charge is 0.360 e. The molecule has 1 amide bonds. The summed E-state index contributed by atoms with van der Waals surface area (Å²) in [7, 11) is -3.74. The fourth-order valence-electron chi connectivity index (χ4n) is 1.74. The lowest BCUT2D eigenvalue weighted by atomic mass is 10.1. The highest BCUT2D eigenvalue weighted by Crippen LogP contribution is 2.14. The van der Waals surface area contributed by atoms with E-state index in [0.29, 0.717) is 5.76 Å². The molecule has 0 spiro atoms. The molecular formula is C14H17N3O4S. The topological polar surface area (TPSA) is 101 Å². The molecule has 22 heavy (non-hydrogen) atoms. The molecule has 1 aromatic heterocycles. The molecule has 0 radical (unpaired) electrons. The third-order valence-electron chi connectivity index (χ3n) is 3.11. The third kappa shape index (κ3) is 3.92. The number of rotatable bonds is 5. The van der Waals surface area contributed by atoms with Gasteiger partial charge in [-0.1, -0.05) is 11.2 Å². The number of aryl methyl sites for hydroxylation is 3. The predicted molar refractivity (Wildman–Crippen MR) is 81.0 cm³/mol. The van der Waals surface area contributed by atoms with Crippen LogP contribution in [0.3, 0.4) is 0 Å². The molecule has 0 fully saturated rings. The van der Waals surface area contributed by atoms with E-state index < -0.39 is 15.9 Å². The first-order chi connectivity index (χ1) is 10.3. The summed E-state index contributed by atoms with van der Waals surface area (Å²) in [6, 6.07) is 6.33. The number of benzene rings is 1. The minimum absolute atomic E-state index is 0.126. The Labute approximate surface area is 128 Å². The van der Waals surface area contributed by atoms with E-state index in [0.717, 1.165) is 11.1 Å². The number of hydrogen-bond donors (Lipinski definition) is 2. The third-order valence-corrected chi connectivity index (χ3v) is 4.51. The summed E-state index contributed by atoms with van der Waals surface area (Å²) in [5.41, 5.74) is 1.86. The first-order valence-corrected chi connectivity index (χ1v) is 8.06. The maximum absolute atomic E-state index is 12.1. The van der Waals surface area contributed by atoms with Crippen LogP contribution in [-0.4, -0.2) is 26.0 Å². The predicted octanol–water partition coefficient (Wildman–Crippen LogP) is 1.52. The average Bonchev–Trinajstić information content (AvgIpc) is 2.85. The molecule has 0 atom stereocenters. The lowest BCUT2D eigenvalue weighted by Gasteiger charge is -2.08. The quantitative estimate of drug-likeness (QED) is 0.868. The van der Waals surface area contributed by atoms with Gasteiger partial charge in [-0.15, -0.1) is 0 Å². The number of nitrogens with zero attached hydrogens (tertiary/aromatic N) is 1. The van der Waals surface area contributed by atoms with Crippen molar-refractivity contribution in [3.05, 3.63) is 41.2 Å². The summed E-state index contributed by atoms with van der Waals surface area (Å²) >= 11 is 0. The molecule has 8 heteroatoms. The highest BCUT2D eigenvalue weighted by atomic mass is 32.2. The molecule has 0 aliphatic heterocycles. The van der Waals surface area contributed by atoms with Crippen molar-refractivity contribution in [3.63, 3.8) is 0 Å². The van der Waals surface area contributed by atoms with Gasteiger partial charge in [-0.2, -0.15) is 0 Å². The van der Waals surface area contributed by atoms with E-state index in [9.17, 15) is 13.2 Å². The van der Waals surface area contributed by atoms with E-state index in [1.54, 1.807) is 19.1 Å². The van der Waals surface area contributed by atoms with Crippen molar-refractivity contribution >= 4 is 21.7 Å². The molecule has 2 aromatic rings. The van der Waals surface area contributed by atoms with Gasteiger partial charge < -0.3 is 9.84 Å². The highest BCUT2D eigenvalue weighted by molar-refractivity contribution is 7.89. The highest BCUT2D eigenvalue weighted by Gasteiger charge is 2.16. The van der Waals surface area contributed by atoms with Crippen LogP contribution in [0.15, 0.2) is 33.7 Å². The van der Waals surface area contributed by atoms with E-state index in [-0.39, 0.29) is 17.3 Å². The van der Waals surface area contributed by atoms with Gasteiger partial charge in [0.2, 0.25) is 15.9 Å². The Bertz CT molecular complexity index is 796. The molecule has 118 valence electrons. The smallest absolute Gasteiger partial charge is 0.241 e. The van der Waals surface area contributed by atoms with Gasteiger partial charge in [0.15, 0.2) is 5.82 Å². The van der Waals surface area contributed by atoms with Crippen molar-refractivity contribution in [3.8, 4) is 0 Å². The molecule has 0 saturated carbocycles. The minimum Gasteiger partial charge on any atom is -0.360 e. The molecule has 0 saturated heterocycles. The van der Waals surface area contributed by atoms with Gasteiger partial charge in [0.25, 0.3) is 0 Å². The van der Waals surface area contributed by atoms with Crippen LogP contribution in [0.2, 0.25) is 0 Å². The van der Waals surface area contributed by atoms with Crippen molar-refractivity contribution in [1.29, 1.82) is 0 Å². The Kier molecular flexibility index (Phi) is 4.62. The molecule has 0 aliphatic carbocycles. The van der Waals surface area contributed by atoms with Gasteiger partial charge in [-0.05, 0) is 44.0 Å². The Morgan fingerprint density at radius 2 is 1.91 bits per heavy atom. The van der Waals surface area contributed by atoms with Gasteiger partial charge in [0, 0.05) is 6.07 Å². The molecule has 2 N–H and O–H groups in total. The maximum Gasteiger partial charge on any atom is 0.241 e. The lowest BCUT2D eigenvalue weighted by molar-refractivity contribution is -0.115. The maximum atomic E-state index is 12.1. The summed E-state index contributed by atoms with van der Waals surface area (Å²) in [6.07, 6.45) is 0. The van der Waals surface area contributed by atoms with Crippen molar-refractivity contribution in [2.24, 2.45) is 0 Å². The summed E-state index contributed by atoms with van der Waals surface area (Å²) in [5.74, 6) is 0.264. The molecule has 0 unspecified atom stereocenters.